The van der Waals surface area contributed by atoms with E-state index in [1.807, 2.05) is 24.3 Å². The summed E-state index contributed by atoms with van der Waals surface area (Å²) in [6, 6.07) is 7.34. The standard InChI is InChI=1S/C17H14N4O2S/c22-14-7-10-3-1-2-4-11(10)15(14)21-16(23)13-9-24-17(20-13)12-8-18-5-6-19-12/h1-6,8-9,14-15,22H,7H2,(H,21,23)/t14-,15+/m0/s1. The molecular formula is C17H14N4O2S. The first-order valence-electron chi connectivity index (χ1n) is 7.51. The van der Waals surface area contributed by atoms with Gasteiger partial charge in [-0.1, -0.05) is 24.3 Å². The van der Waals surface area contributed by atoms with Crippen LogP contribution in [0.2, 0.25) is 0 Å². The third-order valence-corrected chi connectivity index (χ3v) is 4.87. The van der Waals surface area contributed by atoms with Gasteiger partial charge in [-0.05, 0) is 11.1 Å². The summed E-state index contributed by atoms with van der Waals surface area (Å²) in [5.74, 6) is -0.304. The predicted molar refractivity (Wildman–Crippen MR) is 89.5 cm³/mol. The van der Waals surface area contributed by atoms with E-state index < -0.39 is 12.1 Å². The smallest absolute Gasteiger partial charge is 0.271 e. The molecule has 120 valence electrons. The van der Waals surface area contributed by atoms with Crippen LogP contribution in [0.5, 0.6) is 0 Å². The molecule has 0 fully saturated rings. The molecular weight excluding hydrogens is 324 g/mol. The molecule has 0 aliphatic heterocycles. The van der Waals surface area contributed by atoms with Crippen molar-refractivity contribution in [3.63, 3.8) is 0 Å². The Hall–Kier alpha value is -2.64. The predicted octanol–water partition coefficient (Wildman–Crippen LogP) is 1.99. The number of hydrogen-bond donors (Lipinski definition) is 2. The molecule has 0 radical (unpaired) electrons. The average Bonchev–Trinajstić information content (AvgIpc) is 3.21. The number of aliphatic hydroxyl groups excluding tert-OH is 1. The Balaban J connectivity index is 1.54. The first-order valence-corrected chi connectivity index (χ1v) is 8.39. The lowest BCUT2D eigenvalue weighted by Gasteiger charge is -2.17. The fraction of sp³-hybridized carbons (Fsp3) is 0.176. The van der Waals surface area contributed by atoms with Crippen molar-refractivity contribution in [2.45, 2.75) is 18.6 Å². The van der Waals surface area contributed by atoms with Gasteiger partial charge in [0, 0.05) is 24.2 Å². The molecule has 1 aliphatic rings. The number of rotatable bonds is 3. The van der Waals surface area contributed by atoms with E-state index in [1.54, 1.807) is 24.0 Å². The summed E-state index contributed by atoms with van der Waals surface area (Å²) in [4.78, 5) is 25.0. The maximum absolute atomic E-state index is 12.5. The van der Waals surface area contributed by atoms with E-state index in [2.05, 4.69) is 20.3 Å². The maximum atomic E-state index is 12.5. The highest BCUT2D eigenvalue weighted by atomic mass is 32.1. The molecule has 0 saturated carbocycles. The Morgan fingerprint density at radius 2 is 2.17 bits per heavy atom. The number of nitrogens with one attached hydrogen (secondary N) is 1. The monoisotopic (exact) mass is 338 g/mol. The highest BCUT2D eigenvalue weighted by molar-refractivity contribution is 7.13. The second-order valence-corrected chi connectivity index (χ2v) is 6.41. The number of carbonyl (C=O) groups excluding carboxylic acids is 1. The van der Waals surface area contributed by atoms with E-state index in [4.69, 9.17) is 0 Å². The molecule has 24 heavy (non-hydrogen) atoms. The molecule has 2 N–H and O–H groups in total. The maximum Gasteiger partial charge on any atom is 0.271 e. The van der Waals surface area contributed by atoms with Crippen molar-refractivity contribution in [1.29, 1.82) is 0 Å². The number of hydrogen-bond acceptors (Lipinski definition) is 6. The molecule has 1 amide bonds. The zero-order valence-electron chi connectivity index (χ0n) is 12.6. The molecule has 0 spiro atoms. The van der Waals surface area contributed by atoms with Gasteiger partial charge in [0.1, 0.15) is 16.4 Å². The van der Waals surface area contributed by atoms with E-state index in [0.29, 0.717) is 22.8 Å². The lowest BCUT2D eigenvalue weighted by molar-refractivity contribution is 0.0854. The van der Waals surface area contributed by atoms with Crippen LogP contribution in [0.25, 0.3) is 10.7 Å². The average molecular weight is 338 g/mol. The second kappa shape index (κ2) is 6.10. The van der Waals surface area contributed by atoms with Crippen molar-refractivity contribution in [3.8, 4) is 10.7 Å². The molecule has 6 nitrogen and oxygen atoms in total. The number of benzene rings is 1. The Kier molecular flexibility index (Phi) is 3.79. The van der Waals surface area contributed by atoms with Crippen molar-refractivity contribution in [3.05, 3.63) is 65.1 Å². The Labute approximate surface area is 142 Å². The molecule has 2 atom stereocenters. The number of carbonyl (C=O) groups is 1. The van der Waals surface area contributed by atoms with Crippen LogP contribution in [-0.4, -0.2) is 32.1 Å². The van der Waals surface area contributed by atoms with Crippen LogP contribution in [-0.2, 0) is 6.42 Å². The summed E-state index contributed by atoms with van der Waals surface area (Å²) in [6.45, 7) is 0. The van der Waals surface area contributed by atoms with Crippen molar-refractivity contribution in [2.24, 2.45) is 0 Å². The van der Waals surface area contributed by atoms with Gasteiger partial charge in [-0.15, -0.1) is 11.3 Å². The Bertz CT molecular complexity index is 881. The third kappa shape index (κ3) is 2.68. The number of nitrogens with zero attached hydrogens (tertiary/aromatic N) is 3. The van der Waals surface area contributed by atoms with Gasteiger partial charge in [0.05, 0.1) is 18.3 Å². The number of aliphatic hydroxyl groups is 1. The van der Waals surface area contributed by atoms with Crippen LogP contribution in [0.3, 0.4) is 0 Å². The van der Waals surface area contributed by atoms with Gasteiger partial charge in [-0.25, -0.2) is 4.98 Å². The summed E-state index contributed by atoms with van der Waals surface area (Å²) in [7, 11) is 0. The van der Waals surface area contributed by atoms with Crippen LogP contribution in [0.15, 0.2) is 48.2 Å². The van der Waals surface area contributed by atoms with Crippen molar-refractivity contribution in [2.75, 3.05) is 0 Å². The highest BCUT2D eigenvalue weighted by Crippen LogP contribution is 2.31. The van der Waals surface area contributed by atoms with Gasteiger partial charge in [-0.3, -0.25) is 14.8 Å². The molecule has 0 bridgehead atoms. The topological polar surface area (TPSA) is 88.0 Å². The summed E-state index contributed by atoms with van der Waals surface area (Å²) < 4.78 is 0. The van der Waals surface area contributed by atoms with E-state index in [1.165, 1.54) is 11.3 Å². The normalized spacial score (nSPS) is 19.0. The fourth-order valence-electron chi connectivity index (χ4n) is 2.87. The van der Waals surface area contributed by atoms with Gasteiger partial charge >= 0.3 is 0 Å². The molecule has 0 saturated heterocycles. The van der Waals surface area contributed by atoms with Crippen molar-refractivity contribution < 1.29 is 9.90 Å². The molecule has 0 unspecified atom stereocenters. The molecule has 2 heterocycles. The van der Waals surface area contributed by atoms with Gasteiger partial charge in [0.25, 0.3) is 5.91 Å². The number of thiazole rings is 1. The Morgan fingerprint density at radius 1 is 1.29 bits per heavy atom. The molecule has 2 aromatic heterocycles. The zero-order valence-corrected chi connectivity index (χ0v) is 13.4. The highest BCUT2D eigenvalue weighted by Gasteiger charge is 2.32. The molecule has 1 aromatic carbocycles. The van der Waals surface area contributed by atoms with E-state index in [9.17, 15) is 9.90 Å². The summed E-state index contributed by atoms with van der Waals surface area (Å²) in [6.07, 6.45) is 4.70. The lowest BCUT2D eigenvalue weighted by atomic mass is 10.1. The van der Waals surface area contributed by atoms with Crippen LogP contribution in [0, 0.1) is 0 Å². The van der Waals surface area contributed by atoms with Gasteiger partial charge in [-0.2, -0.15) is 0 Å². The van der Waals surface area contributed by atoms with Crippen molar-refractivity contribution >= 4 is 17.2 Å². The zero-order chi connectivity index (χ0) is 16.5. The van der Waals surface area contributed by atoms with Gasteiger partial charge < -0.3 is 10.4 Å². The molecule has 4 rings (SSSR count). The minimum absolute atomic E-state index is 0.304. The number of fused-ring (bicyclic) bond motifs is 1. The second-order valence-electron chi connectivity index (χ2n) is 5.55. The fourth-order valence-corrected chi connectivity index (χ4v) is 3.63. The van der Waals surface area contributed by atoms with E-state index in [0.717, 1.165) is 11.1 Å². The van der Waals surface area contributed by atoms with Crippen LogP contribution in [0.4, 0.5) is 0 Å². The number of aromatic nitrogens is 3. The third-order valence-electron chi connectivity index (χ3n) is 4.01. The van der Waals surface area contributed by atoms with Crippen LogP contribution < -0.4 is 5.32 Å². The summed E-state index contributed by atoms with van der Waals surface area (Å²) in [5, 5.41) is 15.5. The largest absolute Gasteiger partial charge is 0.390 e. The molecule has 7 heteroatoms. The van der Waals surface area contributed by atoms with Crippen molar-refractivity contribution in [1.82, 2.24) is 20.3 Å². The first-order chi connectivity index (χ1) is 11.7. The van der Waals surface area contributed by atoms with E-state index >= 15 is 0 Å². The van der Waals surface area contributed by atoms with Crippen LogP contribution >= 0.6 is 11.3 Å². The summed E-state index contributed by atoms with van der Waals surface area (Å²) in [5.41, 5.74) is 2.97. The lowest BCUT2D eigenvalue weighted by Crippen LogP contribution is -2.34. The first kappa shape index (κ1) is 14.9. The SMILES string of the molecule is O=C(N[C@@H]1c2ccccc2C[C@@H]1O)c1csc(-c2cnccn2)n1. The van der Waals surface area contributed by atoms with Gasteiger partial charge in [0.2, 0.25) is 0 Å². The Morgan fingerprint density at radius 3 is 3.00 bits per heavy atom. The quantitative estimate of drug-likeness (QED) is 0.762. The molecule has 3 aromatic rings. The minimum Gasteiger partial charge on any atom is -0.390 e. The summed E-state index contributed by atoms with van der Waals surface area (Å²) >= 11 is 1.34. The number of amides is 1. The van der Waals surface area contributed by atoms with Gasteiger partial charge in [0.15, 0.2) is 0 Å². The van der Waals surface area contributed by atoms with E-state index in [-0.39, 0.29) is 5.91 Å². The molecule has 1 aliphatic carbocycles. The van der Waals surface area contributed by atoms with Crippen LogP contribution in [0.1, 0.15) is 27.7 Å². The minimum atomic E-state index is -0.621.